The van der Waals surface area contributed by atoms with E-state index in [1.165, 1.54) is 6.92 Å². The highest BCUT2D eigenvalue weighted by Gasteiger charge is 2.12. The van der Waals surface area contributed by atoms with Gasteiger partial charge in [-0.3, -0.25) is 4.79 Å². The topological polar surface area (TPSA) is 55.4 Å². The van der Waals surface area contributed by atoms with Gasteiger partial charge in [0.05, 0.1) is 5.56 Å². The minimum atomic E-state index is -0.388. The van der Waals surface area contributed by atoms with Crippen LogP contribution in [-0.2, 0) is 4.79 Å². The van der Waals surface area contributed by atoms with E-state index in [4.69, 9.17) is 4.74 Å². The molecule has 4 nitrogen and oxygen atoms in total. The van der Waals surface area contributed by atoms with Crippen molar-refractivity contribution in [2.45, 2.75) is 18.7 Å². The number of hydrogen-bond acceptors (Lipinski definition) is 4. The number of carbonyl (C=O) groups excluding carboxylic acids is 2. The molecule has 0 radical (unpaired) electrons. The highest BCUT2D eigenvalue weighted by Crippen LogP contribution is 2.22. The molecule has 0 unspecified atom stereocenters. The molecule has 1 amide bonds. The first-order valence-electron chi connectivity index (χ1n) is 6.74. The molecule has 22 heavy (non-hydrogen) atoms. The van der Waals surface area contributed by atoms with E-state index in [2.05, 4.69) is 5.32 Å². The van der Waals surface area contributed by atoms with Gasteiger partial charge in [0.15, 0.2) is 0 Å². The number of ether oxygens (including phenoxy) is 1. The Bertz CT molecular complexity index is 696. The summed E-state index contributed by atoms with van der Waals surface area (Å²) in [5.41, 5.74) is 2.09. The smallest absolute Gasteiger partial charge is 0.343 e. The van der Waals surface area contributed by atoms with Gasteiger partial charge in [-0.05, 0) is 55.1 Å². The van der Waals surface area contributed by atoms with E-state index in [1.54, 1.807) is 36.0 Å². The summed E-state index contributed by atoms with van der Waals surface area (Å²) >= 11 is 1.58. The SMILES string of the molecule is CSc1ccc(C)c(C(=O)Oc2ccc(NC(C)=O)cc2)c1. The van der Waals surface area contributed by atoms with Crippen LogP contribution in [0.25, 0.3) is 0 Å². The lowest BCUT2D eigenvalue weighted by molar-refractivity contribution is -0.114. The molecule has 0 saturated heterocycles. The van der Waals surface area contributed by atoms with Gasteiger partial charge in [-0.25, -0.2) is 4.79 Å². The van der Waals surface area contributed by atoms with Gasteiger partial charge in [-0.1, -0.05) is 6.07 Å². The molecule has 0 saturated carbocycles. The zero-order chi connectivity index (χ0) is 16.1. The first-order chi connectivity index (χ1) is 10.5. The Morgan fingerprint density at radius 1 is 1.09 bits per heavy atom. The number of nitrogens with one attached hydrogen (secondary N) is 1. The molecule has 0 atom stereocenters. The third-order valence-corrected chi connectivity index (χ3v) is 3.78. The predicted octanol–water partition coefficient (Wildman–Crippen LogP) is 3.89. The van der Waals surface area contributed by atoms with Crippen molar-refractivity contribution < 1.29 is 14.3 Å². The van der Waals surface area contributed by atoms with Crippen LogP contribution < -0.4 is 10.1 Å². The summed E-state index contributed by atoms with van der Waals surface area (Å²) in [6.45, 7) is 3.32. The van der Waals surface area contributed by atoms with Crippen molar-refractivity contribution in [1.82, 2.24) is 0 Å². The minimum absolute atomic E-state index is 0.144. The van der Waals surface area contributed by atoms with Crippen molar-refractivity contribution in [3.63, 3.8) is 0 Å². The summed E-state index contributed by atoms with van der Waals surface area (Å²) < 4.78 is 5.38. The standard InChI is InChI=1S/C17H17NO3S/c1-11-4-9-15(22-3)10-16(11)17(20)21-14-7-5-13(6-8-14)18-12(2)19/h4-10H,1-3H3,(H,18,19). The van der Waals surface area contributed by atoms with Gasteiger partial charge in [0.1, 0.15) is 5.75 Å². The molecule has 0 aliphatic rings. The number of aryl methyl sites for hydroxylation is 1. The molecular formula is C17H17NO3S. The molecule has 2 rings (SSSR count). The average Bonchev–Trinajstić information content (AvgIpc) is 2.49. The molecule has 0 aromatic heterocycles. The lowest BCUT2D eigenvalue weighted by atomic mass is 10.1. The predicted molar refractivity (Wildman–Crippen MR) is 88.7 cm³/mol. The monoisotopic (exact) mass is 315 g/mol. The van der Waals surface area contributed by atoms with E-state index in [0.717, 1.165) is 10.5 Å². The lowest BCUT2D eigenvalue weighted by Gasteiger charge is -2.09. The van der Waals surface area contributed by atoms with Crippen LogP contribution in [0.15, 0.2) is 47.4 Å². The largest absolute Gasteiger partial charge is 0.423 e. The first-order valence-corrected chi connectivity index (χ1v) is 7.96. The van der Waals surface area contributed by atoms with E-state index in [9.17, 15) is 9.59 Å². The van der Waals surface area contributed by atoms with Crippen LogP contribution >= 0.6 is 11.8 Å². The van der Waals surface area contributed by atoms with Gasteiger partial charge in [0.2, 0.25) is 5.91 Å². The molecule has 2 aromatic carbocycles. The Morgan fingerprint density at radius 2 is 1.77 bits per heavy atom. The number of anilines is 1. The fraction of sp³-hybridized carbons (Fsp3) is 0.176. The fourth-order valence-electron chi connectivity index (χ4n) is 1.92. The number of benzene rings is 2. The highest BCUT2D eigenvalue weighted by atomic mass is 32.2. The lowest BCUT2D eigenvalue weighted by Crippen LogP contribution is -2.10. The van der Waals surface area contributed by atoms with Crippen LogP contribution in [0.3, 0.4) is 0 Å². The normalized spacial score (nSPS) is 10.1. The molecule has 0 spiro atoms. The van der Waals surface area contributed by atoms with Crippen LogP contribution in [0.2, 0.25) is 0 Å². The molecule has 0 fully saturated rings. The summed E-state index contributed by atoms with van der Waals surface area (Å²) in [4.78, 5) is 24.2. The second kappa shape index (κ2) is 7.13. The third kappa shape index (κ3) is 4.11. The second-order valence-electron chi connectivity index (χ2n) is 4.78. The quantitative estimate of drug-likeness (QED) is 0.528. The Hall–Kier alpha value is -2.27. The van der Waals surface area contributed by atoms with Gasteiger partial charge in [0.25, 0.3) is 0 Å². The summed E-state index contributed by atoms with van der Waals surface area (Å²) in [6, 6.07) is 12.4. The zero-order valence-corrected chi connectivity index (χ0v) is 13.5. The van der Waals surface area contributed by atoms with Crippen molar-refractivity contribution in [1.29, 1.82) is 0 Å². The van der Waals surface area contributed by atoms with Crippen molar-refractivity contribution in [2.75, 3.05) is 11.6 Å². The molecular weight excluding hydrogens is 298 g/mol. The summed E-state index contributed by atoms with van der Waals surface area (Å²) in [6.07, 6.45) is 1.96. The number of amides is 1. The number of hydrogen-bond donors (Lipinski definition) is 1. The summed E-state index contributed by atoms with van der Waals surface area (Å²) in [5.74, 6) is -0.0945. The van der Waals surface area contributed by atoms with Gasteiger partial charge in [-0.2, -0.15) is 0 Å². The summed E-state index contributed by atoms with van der Waals surface area (Å²) in [5, 5.41) is 2.66. The third-order valence-electron chi connectivity index (χ3n) is 3.05. The Kier molecular flexibility index (Phi) is 5.22. The number of thioether (sulfide) groups is 1. The fourth-order valence-corrected chi connectivity index (χ4v) is 2.36. The maximum Gasteiger partial charge on any atom is 0.343 e. The van der Waals surface area contributed by atoms with Crippen LogP contribution in [-0.4, -0.2) is 18.1 Å². The molecule has 0 aliphatic carbocycles. The van der Waals surface area contributed by atoms with Crippen molar-refractivity contribution in [3.05, 3.63) is 53.6 Å². The van der Waals surface area contributed by atoms with E-state index < -0.39 is 0 Å². The Balaban J connectivity index is 2.13. The Labute approximate surface area is 133 Å². The van der Waals surface area contributed by atoms with Crippen molar-refractivity contribution in [3.8, 4) is 5.75 Å². The van der Waals surface area contributed by atoms with E-state index in [1.807, 2.05) is 31.4 Å². The molecule has 5 heteroatoms. The number of carbonyl (C=O) groups is 2. The highest BCUT2D eigenvalue weighted by molar-refractivity contribution is 7.98. The number of rotatable bonds is 4. The molecule has 0 aliphatic heterocycles. The Morgan fingerprint density at radius 3 is 2.36 bits per heavy atom. The maximum atomic E-state index is 12.3. The van der Waals surface area contributed by atoms with Crippen LogP contribution in [0.1, 0.15) is 22.8 Å². The molecule has 2 aromatic rings. The zero-order valence-electron chi connectivity index (χ0n) is 12.7. The van der Waals surface area contributed by atoms with Crippen LogP contribution in [0.5, 0.6) is 5.75 Å². The molecule has 1 N–H and O–H groups in total. The van der Waals surface area contributed by atoms with Crippen molar-refractivity contribution >= 4 is 29.3 Å². The molecule has 114 valence electrons. The summed E-state index contributed by atoms with van der Waals surface area (Å²) in [7, 11) is 0. The van der Waals surface area contributed by atoms with Gasteiger partial charge in [0, 0.05) is 17.5 Å². The van der Waals surface area contributed by atoms with Crippen molar-refractivity contribution in [2.24, 2.45) is 0 Å². The average molecular weight is 315 g/mol. The molecule has 0 heterocycles. The molecule has 0 bridgehead atoms. The van der Waals surface area contributed by atoms with E-state index in [-0.39, 0.29) is 11.9 Å². The van der Waals surface area contributed by atoms with Crippen LogP contribution in [0, 0.1) is 6.92 Å². The van der Waals surface area contributed by atoms with Gasteiger partial charge < -0.3 is 10.1 Å². The first kappa shape index (κ1) is 16.1. The minimum Gasteiger partial charge on any atom is -0.423 e. The van der Waals surface area contributed by atoms with Crippen LogP contribution in [0.4, 0.5) is 5.69 Å². The second-order valence-corrected chi connectivity index (χ2v) is 5.66. The van der Waals surface area contributed by atoms with E-state index in [0.29, 0.717) is 17.0 Å². The maximum absolute atomic E-state index is 12.3. The van der Waals surface area contributed by atoms with Gasteiger partial charge in [-0.15, -0.1) is 11.8 Å². The number of esters is 1. The van der Waals surface area contributed by atoms with Gasteiger partial charge >= 0.3 is 5.97 Å². The van der Waals surface area contributed by atoms with E-state index >= 15 is 0 Å².